The number of carbonyl (C=O) groups excluding carboxylic acids is 3. The summed E-state index contributed by atoms with van der Waals surface area (Å²) in [5, 5.41) is 0. The quantitative estimate of drug-likeness (QED) is 0.592. The van der Waals surface area contributed by atoms with Crippen molar-refractivity contribution in [2.75, 3.05) is 0 Å². The van der Waals surface area contributed by atoms with Crippen molar-refractivity contribution in [3.63, 3.8) is 0 Å². The lowest BCUT2D eigenvalue weighted by Crippen LogP contribution is -2.35. The topological polar surface area (TPSA) is 60.4 Å². The van der Waals surface area contributed by atoms with Crippen molar-refractivity contribution in [3.05, 3.63) is 70.7 Å². The molecule has 0 N–H and O–H groups in total. The second kappa shape index (κ2) is 7.82. The van der Waals surface area contributed by atoms with Crippen molar-refractivity contribution in [1.29, 1.82) is 0 Å². The number of ether oxygens (including phenoxy) is 1. The van der Waals surface area contributed by atoms with Crippen molar-refractivity contribution >= 4 is 17.3 Å². The zero-order chi connectivity index (χ0) is 21.5. The molecule has 3 aliphatic rings. The van der Waals surface area contributed by atoms with Crippen LogP contribution in [0.3, 0.4) is 0 Å². The lowest BCUT2D eigenvalue weighted by molar-refractivity contribution is -0.122. The van der Waals surface area contributed by atoms with E-state index >= 15 is 0 Å². The minimum absolute atomic E-state index is 0.00962. The largest absolute Gasteiger partial charge is 0.457 e. The predicted octanol–water partition coefficient (Wildman–Crippen LogP) is 5.36. The predicted molar refractivity (Wildman–Crippen MR) is 115 cm³/mol. The standard InChI is InChI=1S/C26H28O4/c1-16-10-6-4-9-13-18(27)25-23(24(16)29)21(17-11-7-5-8-12-17)22-19(28)14-26(2,3)15-20(22)30-25/h5,7-8,11-12,21H,1,4,6,9-10,13-15H2,2-3H3. The van der Waals surface area contributed by atoms with E-state index in [2.05, 4.69) is 6.58 Å². The van der Waals surface area contributed by atoms with Crippen LogP contribution >= 0.6 is 0 Å². The second-order valence-electron chi connectivity index (χ2n) is 9.38. The summed E-state index contributed by atoms with van der Waals surface area (Å²) in [6.07, 6.45) is 4.37. The Morgan fingerprint density at radius 1 is 0.900 bits per heavy atom. The molecule has 156 valence electrons. The van der Waals surface area contributed by atoms with E-state index in [4.69, 9.17) is 4.74 Å². The molecule has 0 saturated carbocycles. The lowest BCUT2D eigenvalue weighted by Gasteiger charge is -2.39. The Morgan fingerprint density at radius 2 is 1.60 bits per heavy atom. The minimum Gasteiger partial charge on any atom is -0.457 e. The van der Waals surface area contributed by atoms with Gasteiger partial charge >= 0.3 is 0 Å². The normalized spacial score (nSPS) is 24.9. The number of rotatable bonds is 1. The molecule has 4 rings (SSSR count). The fourth-order valence-electron chi connectivity index (χ4n) is 4.78. The van der Waals surface area contributed by atoms with Crippen LogP contribution in [0.2, 0.25) is 0 Å². The van der Waals surface area contributed by atoms with Gasteiger partial charge in [0.05, 0.1) is 5.57 Å². The molecule has 2 aliphatic carbocycles. The van der Waals surface area contributed by atoms with E-state index in [0.29, 0.717) is 48.2 Å². The maximum absolute atomic E-state index is 13.5. The Bertz CT molecular complexity index is 991. The molecular formula is C26H28O4. The summed E-state index contributed by atoms with van der Waals surface area (Å²) in [6.45, 7) is 8.07. The van der Waals surface area contributed by atoms with Gasteiger partial charge in [-0.05, 0) is 35.8 Å². The molecule has 4 nitrogen and oxygen atoms in total. The molecule has 1 aromatic rings. The van der Waals surface area contributed by atoms with E-state index in [9.17, 15) is 14.4 Å². The molecule has 0 bridgehead atoms. The lowest BCUT2D eigenvalue weighted by atomic mass is 9.68. The molecule has 0 radical (unpaired) electrons. The maximum atomic E-state index is 13.5. The van der Waals surface area contributed by atoms with E-state index in [1.54, 1.807) is 0 Å². The minimum atomic E-state index is -0.582. The van der Waals surface area contributed by atoms with Crippen molar-refractivity contribution in [1.82, 2.24) is 0 Å². The summed E-state index contributed by atoms with van der Waals surface area (Å²) in [5.74, 6) is -0.325. The molecule has 1 aliphatic heterocycles. The van der Waals surface area contributed by atoms with E-state index < -0.39 is 5.92 Å². The van der Waals surface area contributed by atoms with Crippen LogP contribution in [-0.2, 0) is 19.1 Å². The molecule has 0 fully saturated rings. The fraction of sp³-hybridized carbons (Fsp3) is 0.423. The number of carbonyl (C=O) groups is 3. The van der Waals surface area contributed by atoms with Crippen LogP contribution in [0.5, 0.6) is 0 Å². The Balaban J connectivity index is 1.95. The molecule has 0 aromatic heterocycles. The highest BCUT2D eigenvalue weighted by Crippen LogP contribution is 2.49. The van der Waals surface area contributed by atoms with E-state index in [0.717, 1.165) is 24.8 Å². The van der Waals surface area contributed by atoms with Crippen LogP contribution in [0.25, 0.3) is 0 Å². The number of ketones is 3. The van der Waals surface area contributed by atoms with Crippen LogP contribution in [0.4, 0.5) is 0 Å². The van der Waals surface area contributed by atoms with Crippen LogP contribution < -0.4 is 0 Å². The summed E-state index contributed by atoms with van der Waals surface area (Å²) in [6, 6.07) is 9.52. The van der Waals surface area contributed by atoms with Gasteiger partial charge < -0.3 is 4.74 Å². The summed E-state index contributed by atoms with van der Waals surface area (Å²) < 4.78 is 6.14. The monoisotopic (exact) mass is 404 g/mol. The molecule has 0 amide bonds. The molecule has 4 heteroatoms. The highest BCUT2D eigenvalue weighted by Gasteiger charge is 2.46. The zero-order valence-electron chi connectivity index (χ0n) is 17.8. The van der Waals surface area contributed by atoms with Crippen LogP contribution in [0, 0.1) is 5.41 Å². The van der Waals surface area contributed by atoms with Crippen LogP contribution in [-0.4, -0.2) is 17.3 Å². The molecule has 0 spiro atoms. The molecule has 1 unspecified atom stereocenters. The Hall–Kier alpha value is -2.75. The summed E-state index contributed by atoms with van der Waals surface area (Å²) in [7, 11) is 0. The Kier molecular flexibility index (Phi) is 5.35. The van der Waals surface area contributed by atoms with Crippen molar-refractivity contribution in [3.8, 4) is 0 Å². The van der Waals surface area contributed by atoms with Gasteiger partial charge in [0.25, 0.3) is 0 Å². The van der Waals surface area contributed by atoms with Gasteiger partial charge in [-0.3, -0.25) is 14.4 Å². The zero-order valence-corrected chi connectivity index (χ0v) is 17.8. The molecule has 1 heterocycles. The molecule has 1 atom stereocenters. The number of allylic oxidation sites excluding steroid dienone is 5. The first-order chi connectivity index (χ1) is 14.3. The van der Waals surface area contributed by atoms with Gasteiger partial charge in [0.1, 0.15) is 5.76 Å². The van der Waals surface area contributed by atoms with E-state index in [1.165, 1.54) is 0 Å². The summed E-state index contributed by atoms with van der Waals surface area (Å²) in [5.41, 5.74) is 1.89. The third-order valence-corrected chi connectivity index (χ3v) is 6.26. The van der Waals surface area contributed by atoms with Gasteiger partial charge in [-0.1, -0.05) is 57.2 Å². The third-order valence-electron chi connectivity index (χ3n) is 6.26. The smallest absolute Gasteiger partial charge is 0.198 e. The molecule has 30 heavy (non-hydrogen) atoms. The highest BCUT2D eigenvalue weighted by atomic mass is 16.5. The highest BCUT2D eigenvalue weighted by molar-refractivity contribution is 6.16. The molecular weight excluding hydrogens is 376 g/mol. The average molecular weight is 405 g/mol. The average Bonchev–Trinajstić information content (AvgIpc) is 2.70. The van der Waals surface area contributed by atoms with Gasteiger partial charge in [0.2, 0.25) is 0 Å². The Morgan fingerprint density at radius 3 is 2.33 bits per heavy atom. The van der Waals surface area contributed by atoms with E-state index in [-0.39, 0.29) is 28.5 Å². The van der Waals surface area contributed by atoms with Crippen LogP contribution in [0.15, 0.2) is 65.1 Å². The second-order valence-corrected chi connectivity index (χ2v) is 9.38. The van der Waals surface area contributed by atoms with Crippen molar-refractivity contribution in [2.45, 2.75) is 64.7 Å². The van der Waals surface area contributed by atoms with Gasteiger partial charge in [-0.15, -0.1) is 0 Å². The first-order valence-corrected chi connectivity index (χ1v) is 10.8. The van der Waals surface area contributed by atoms with Gasteiger partial charge in [-0.2, -0.15) is 0 Å². The summed E-state index contributed by atoms with van der Waals surface area (Å²) in [4.78, 5) is 39.9. The number of benzene rings is 1. The van der Waals surface area contributed by atoms with Gasteiger partial charge in [-0.25, -0.2) is 0 Å². The van der Waals surface area contributed by atoms with Crippen molar-refractivity contribution < 1.29 is 19.1 Å². The maximum Gasteiger partial charge on any atom is 0.198 e. The Labute approximate surface area is 177 Å². The summed E-state index contributed by atoms with van der Waals surface area (Å²) >= 11 is 0. The van der Waals surface area contributed by atoms with Gasteiger partial charge in [0, 0.05) is 30.8 Å². The molecule has 0 saturated heterocycles. The first kappa shape index (κ1) is 20.5. The number of hydrogen-bond donors (Lipinski definition) is 0. The SMILES string of the molecule is C=C1CCCCCC(=O)C2=C(C1=O)C(c1ccccc1)C1=C(CC(C)(C)CC1=O)O2. The number of Topliss-reactive ketones (excluding diaryl/α,β-unsaturated/α-hetero) is 3. The van der Waals surface area contributed by atoms with E-state index in [1.807, 2.05) is 44.2 Å². The fourth-order valence-corrected chi connectivity index (χ4v) is 4.78. The number of hydrogen-bond acceptors (Lipinski definition) is 4. The third kappa shape index (κ3) is 3.71. The van der Waals surface area contributed by atoms with Crippen molar-refractivity contribution in [2.24, 2.45) is 5.41 Å². The van der Waals surface area contributed by atoms with Crippen LogP contribution in [0.1, 0.15) is 70.3 Å². The molecule has 1 aromatic carbocycles. The first-order valence-electron chi connectivity index (χ1n) is 10.8. The van der Waals surface area contributed by atoms with Gasteiger partial charge in [0.15, 0.2) is 23.1 Å².